The molecule has 1 fully saturated rings. The summed E-state index contributed by atoms with van der Waals surface area (Å²) >= 11 is 1.55. The highest BCUT2D eigenvalue weighted by molar-refractivity contribution is 8.00. The molecule has 1 atom stereocenters. The molecular weight excluding hydrogens is 404 g/mol. The summed E-state index contributed by atoms with van der Waals surface area (Å²) in [5.41, 5.74) is 3.98. The van der Waals surface area contributed by atoms with Gasteiger partial charge < -0.3 is 10.6 Å². The summed E-state index contributed by atoms with van der Waals surface area (Å²) in [4.78, 5) is 26.6. The molecule has 2 amide bonds. The third-order valence-electron chi connectivity index (χ3n) is 6.01. The van der Waals surface area contributed by atoms with E-state index in [0.717, 1.165) is 65.9 Å². The molecule has 0 radical (unpaired) electrons. The predicted molar refractivity (Wildman–Crippen MR) is 131 cm³/mol. The molecule has 2 N–H and O–H groups in total. The van der Waals surface area contributed by atoms with E-state index in [2.05, 4.69) is 23.6 Å². The SMILES string of the molecule is CCc1cccc(C)c1NC(=O)C(CC)Sc1cccc(NC(=O)C2CCCCC2)c1. The van der Waals surface area contributed by atoms with Crippen molar-refractivity contribution in [1.82, 2.24) is 0 Å². The van der Waals surface area contributed by atoms with Gasteiger partial charge in [-0.25, -0.2) is 0 Å². The van der Waals surface area contributed by atoms with Gasteiger partial charge >= 0.3 is 0 Å². The molecule has 0 saturated heterocycles. The van der Waals surface area contributed by atoms with Gasteiger partial charge in [0.05, 0.1) is 5.25 Å². The van der Waals surface area contributed by atoms with E-state index in [-0.39, 0.29) is 23.0 Å². The number of nitrogens with one attached hydrogen (secondary N) is 2. The van der Waals surface area contributed by atoms with Crippen LogP contribution >= 0.6 is 11.8 Å². The third kappa shape index (κ3) is 6.36. The monoisotopic (exact) mass is 438 g/mol. The lowest BCUT2D eigenvalue weighted by atomic mass is 9.88. The van der Waals surface area contributed by atoms with Gasteiger partial charge in [0, 0.05) is 22.2 Å². The van der Waals surface area contributed by atoms with Crippen LogP contribution in [0, 0.1) is 12.8 Å². The van der Waals surface area contributed by atoms with Crippen molar-refractivity contribution in [2.45, 2.75) is 75.9 Å². The van der Waals surface area contributed by atoms with E-state index >= 15 is 0 Å². The van der Waals surface area contributed by atoms with Crippen molar-refractivity contribution in [3.8, 4) is 0 Å². The molecule has 1 aliphatic carbocycles. The number of hydrogen-bond acceptors (Lipinski definition) is 3. The lowest BCUT2D eigenvalue weighted by Crippen LogP contribution is -2.26. The van der Waals surface area contributed by atoms with Crippen molar-refractivity contribution in [2.24, 2.45) is 5.92 Å². The highest BCUT2D eigenvalue weighted by Crippen LogP contribution is 2.31. The number of anilines is 2. The third-order valence-corrected chi connectivity index (χ3v) is 7.37. The Labute approximate surface area is 190 Å². The minimum absolute atomic E-state index is 0.0214. The maximum atomic E-state index is 13.0. The summed E-state index contributed by atoms with van der Waals surface area (Å²) in [6, 6.07) is 14.0. The van der Waals surface area contributed by atoms with Crippen LogP contribution < -0.4 is 10.6 Å². The Morgan fingerprint density at radius 2 is 1.77 bits per heavy atom. The molecule has 1 aliphatic rings. The van der Waals surface area contributed by atoms with Gasteiger partial charge in [-0.15, -0.1) is 11.8 Å². The normalized spacial score (nSPS) is 15.3. The second kappa shape index (κ2) is 11.4. The first-order chi connectivity index (χ1) is 15.0. The second-order valence-electron chi connectivity index (χ2n) is 8.32. The highest BCUT2D eigenvalue weighted by atomic mass is 32.2. The smallest absolute Gasteiger partial charge is 0.237 e. The molecule has 2 aromatic carbocycles. The molecule has 1 unspecified atom stereocenters. The van der Waals surface area contributed by atoms with Gasteiger partial charge in [0.1, 0.15) is 0 Å². The summed E-state index contributed by atoms with van der Waals surface area (Å²) in [5, 5.41) is 6.04. The Balaban J connectivity index is 1.65. The van der Waals surface area contributed by atoms with Gasteiger partial charge in [0.15, 0.2) is 0 Å². The predicted octanol–water partition coefficient (Wildman–Crippen LogP) is 6.59. The number of aryl methyl sites for hydroxylation is 2. The average Bonchev–Trinajstić information content (AvgIpc) is 2.79. The van der Waals surface area contributed by atoms with Crippen LogP contribution in [0.15, 0.2) is 47.4 Å². The van der Waals surface area contributed by atoms with Crippen molar-refractivity contribution in [2.75, 3.05) is 10.6 Å². The molecule has 0 aromatic heterocycles. The molecule has 0 heterocycles. The lowest BCUT2D eigenvalue weighted by Gasteiger charge is -2.21. The van der Waals surface area contributed by atoms with Crippen LogP contribution in [0.2, 0.25) is 0 Å². The number of carbonyl (C=O) groups excluding carboxylic acids is 2. The summed E-state index contributed by atoms with van der Waals surface area (Å²) in [6.07, 6.45) is 7.09. The van der Waals surface area contributed by atoms with Crippen molar-refractivity contribution in [3.63, 3.8) is 0 Å². The minimum atomic E-state index is -0.200. The minimum Gasteiger partial charge on any atom is -0.326 e. The topological polar surface area (TPSA) is 58.2 Å². The van der Waals surface area contributed by atoms with Crippen molar-refractivity contribution in [3.05, 3.63) is 53.6 Å². The van der Waals surface area contributed by atoms with Crippen molar-refractivity contribution in [1.29, 1.82) is 0 Å². The fourth-order valence-electron chi connectivity index (χ4n) is 4.15. The Bertz CT molecular complexity index is 906. The van der Waals surface area contributed by atoms with Crippen LogP contribution in [0.25, 0.3) is 0 Å². The summed E-state index contributed by atoms with van der Waals surface area (Å²) in [7, 11) is 0. The van der Waals surface area contributed by atoms with Crippen LogP contribution in [0.5, 0.6) is 0 Å². The first-order valence-corrected chi connectivity index (χ1v) is 12.4. The maximum Gasteiger partial charge on any atom is 0.237 e. The number of amides is 2. The van der Waals surface area contributed by atoms with Crippen LogP contribution in [0.1, 0.15) is 63.5 Å². The summed E-state index contributed by atoms with van der Waals surface area (Å²) in [6.45, 7) is 6.16. The van der Waals surface area contributed by atoms with Crippen molar-refractivity contribution >= 4 is 35.0 Å². The number of benzene rings is 2. The number of hydrogen-bond donors (Lipinski definition) is 2. The quantitative estimate of drug-likeness (QED) is 0.457. The first kappa shape index (κ1) is 23.4. The molecule has 0 aliphatic heterocycles. The number of carbonyl (C=O) groups is 2. The first-order valence-electron chi connectivity index (χ1n) is 11.5. The summed E-state index contributed by atoms with van der Waals surface area (Å²) in [5.74, 6) is 0.271. The Hall–Kier alpha value is -2.27. The fraction of sp³-hybridized carbons (Fsp3) is 0.462. The standard InChI is InChI=1S/C26H34N2O2S/c1-4-19-14-9-11-18(3)24(19)28-26(30)23(5-2)31-22-16-10-15-21(17-22)27-25(29)20-12-7-6-8-13-20/h9-11,14-17,20,23H,4-8,12-13H2,1-3H3,(H,27,29)(H,28,30). The van der Waals surface area contributed by atoms with Gasteiger partial charge in [-0.05, 0) is 61.9 Å². The largest absolute Gasteiger partial charge is 0.326 e. The molecular formula is C26H34N2O2S. The average molecular weight is 439 g/mol. The van der Waals surface area contributed by atoms with E-state index in [0.29, 0.717) is 0 Å². The van der Waals surface area contributed by atoms with E-state index in [1.807, 2.05) is 50.2 Å². The van der Waals surface area contributed by atoms with Crippen LogP contribution in [0.4, 0.5) is 11.4 Å². The van der Waals surface area contributed by atoms with Crippen LogP contribution in [-0.2, 0) is 16.0 Å². The fourth-order valence-corrected chi connectivity index (χ4v) is 5.16. The molecule has 31 heavy (non-hydrogen) atoms. The van der Waals surface area contributed by atoms with Gasteiger partial charge in [-0.1, -0.05) is 57.4 Å². The van der Waals surface area contributed by atoms with Crippen molar-refractivity contribution < 1.29 is 9.59 Å². The Morgan fingerprint density at radius 3 is 2.48 bits per heavy atom. The van der Waals surface area contributed by atoms with Gasteiger partial charge in [0.2, 0.25) is 11.8 Å². The number of rotatable bonds is 8. The highest BCUT2D eigenvalue weighted by Gasteiger charge is 2.22. The molecule has 0 spiro atoms. The van der Waals surface area contributed by atoms with Gasteiger partial charge in [-0.2, -0.15) is 0 Å². The second-order valence-corrected chi connectivity index (χ2v) is 9.59. The molecule has 0 bridgehead atoms. The molecule has 2 aromatic rings. The van der Waals surface area contributed by atoms with Gasteiger partial charge in [0.25, 0.3) is 0 Å². The van der Waals surface area contributed by atoms with Crippen LogP contribution in [-0.4, -0.2) is 17.1 Å². The molecule has 4 nitrogen and oxygen atoms in total. The molecule has 5 heteroatoms. The van der Waals surface area contributed by atoms with E-state index in [9.17, 15) is 9.59 Å². The maximum absolute atomic E-state index is 13.0. The van der Waals surface area contributed by atoms with E-state index in [1.54, 1.807) is 11.8 Å². The number of thioether (sulfide) groups is 1. The molecule has 3 rings (SSSR count). The van der Waals surface area contributed by atoms with Gasteiger partial charge in [-0.3, -0.25) is 9.59 Å². The summed E-state index contributed by atoms with van der Waals surface area (Å²) < 4.78 is 0. The lowest BCUT2D eigenvalue weighted by molar-refractivity contribution is -0.120. The van der Waals surface area contributed by atoms with Crippen LogP contribution in [0.3, 0.4) is 0 Å². The van der Waals surface area contributed by atoms with E-state index < -0.39 is 0 Å². The molecule has 1 saturated carbocycles. The van der Waals surface area contributed by atoms with E-state index in [1.165, 1.54) is 6.42 Å². The zero-order chi connectivity index (χ0) is 22.2. The molecule has 166 valence electrons. The zero-order valence-electron chi connectivity index (χ0n) is 18.9. The van der Waals surface area contributed by atoms with E-state index in [4.69, 9.17) is 0 Å². The Morgan fingerprint density at radius 1 is 1.03 bits per heavy atom. The Kier molecular flexibility index (Phi) is 8.59. The zero-order valence-corrected chi connectivity index (χ0v) is 19.7. The number of para-hydroxylation sites is 1.